The number of fused-ring (bicyclic) bond motifs is 2. The van der Waals surface area contributed by atoms with Crippen LogP contribution in [0.15, 0.2) is 42.5 Å². The van der Waals surface area contributed by atoms with Crippen LogP contribution in [0.2, 0.25) is 0 Å². The van der Waals surface area contributed by atoms with Gasteiger partial charge in [-0.25, -0.2) is 14.2 Å². The summed E-state index contributed by atoms with van der Waals surface area (Å²) in [7, 11) is 3.87. The lowest BCUT2D eigenvalue weighted by Gasteiger charge is -2.18. The number of nitrogens with zero attached hydrogens (tertiary/aromatic N) is 2. The first kappa shape index (κ1) is 21.4. The van der Waals surface area contributed by atoms with Gasteiger partial charge >= 0.3 is 5.97 Å². The van der Waals surface area contributed by atoms with Gasteiger partial charge in [-0.1, -0.05) is 6.07 Å². The minimum Gasteiger partial charge on any atom is -0.462 e. The Labute approximate surface area is 191 Å². The molecule has 0 unspecified atom stereocenters. The highest BCUT2D eigenvalue weighted by Gasteiger charge is 2.27. The molecule has 5 rings (SSSR count). The SMILES string of the molecule is CCOC(=O)c1ccc(-c2cc3cc4cc(F)cc(NC)c4nc3[nH]2)c(CN(C)C2CC2)c1. The Morgan fingerprint density at radius 3 is 2.76 bits per heavy atom. The number of hydrogen-bond donors (Lipinski definition) is 2. The van der Waals surface area contributed by atoms with Crippen molar-refractivity contribution in [3.63, 3.8) is 0 Å². The number of nitrogens with one attached hydrogen (secondary N) is 2. The van der Waals surface area contributed by atoms with Gasteiger partial charge in [0.1, 0.15) is 11.5 Å². The Bertz CT molecular complexity index is 1360. The quantitative estimate of drug-likeness (QED) is 0.375. The average molecular weight is 447 g/mol. The first-order valence-electron chi connectivity index (χ1n) is 11.3. The van der Waals surface area contributed by atoms with Crippen molar-refractivity contribution < 1.29 is 13.9 Å². The fourth-order valence-electron chi connectivity index (χ4n) is 4.37. The zero-order valence-corrected chi connectivity index (χ0v) is 19.0. The van der Waals surface area contributed by atoms with E-state index in [9.17, 15) is 9.18 Å². The summed E-state index contributed by atoms with van der Waals surface area (Å²) in [5, 5.41) is 4.67. The average Bonchev–Trinajstić information content (AvgIpc) is 3.57. The van der Waals surface area contributed by atoms with Crippen LogP contribution in [0.5, 0.6) is 0 Å². The number of anilines is 1. The molecule has 0 aliphatic heterocycles. The van der Waals surface area contributed by atoms with E-state index >= 15 is 0 Å². The minimum atomic E-state index is -0.314. The van der Waals surface area contributed by atoms with E-state index in [0.717, 1.165) is 39.8 Å². The van der Waals surface area contributed by atoms with Crippen molar-refractivity contribution in [2.75, 3.05) is 26.0 Å². The van der Waals surface area contributed by atoms with Crippen LogP contribution in [0, 0.1) is 5.82 Å². The number of rotatable bonds is 7. The number of aromatic amines is 1. The topological polar surface area (TPSA) is 70.2 Å². The van der Waals surface area contributed by atoms with Crippen LogP contribution in [-0.4, -0.2) is 47.6 Å². The highest BCUT2D eigenvalue weighted by molar-refractivity contribution is 5.99. The van der Waals surface area contributed by atoms with Gasteiger partial charge in [-0.2, -0.15) is 0 Å². The maximum absolute atomic E-state index is 14.0. The van der Waals surface area contributed by atoms with E-state index in [-0.39, 0.29) is 11.8 Å². The molecule has 1 saturated carbocycles. The number of ether oxygens (including phenoxy) is 1. The molecular weight excluding hydrogens is 419 g/mol. The number of aromatic nitrogens is 2. The Balaban J connectivity index is 1.61. The van der Waals surface area contributed by atoms with Crippen molar-refractivity contribution in [3.05, 3.63) is 59.4 Å². The van der Waals surface area contributed by atoms with Crippen LogP contribution in [0.3, 0.4) is 0 Å². The van der Waals surface area contributed by atoms with E-state index in [0.29, 0.717) is 29.4 Å². The molecular formula is C26H27FN4O2. The van der Waals surface area contributed by atoms with E-state index in [1.807, 2.05) is 24.3 Å². The molecule has 0 bridgehead atoms. The molecule has 2 aromatic heterocycles. The zero-order chi connectivity index (χ0) is 23.1. The van der Waals surface area contributed by atoms with Gasteiger partial charge in [0.25, 0.3) is 0 Å². The van der Waals surface area contributed by atoms with Gasteiger partial charge in [0.15, 0.2) is 0 Å². The summed E-state index contributed by atoms with van der Waals surface area (Å²) in [6.45, 7) is 2.88. The molecule has 0 saturated heterocycles. The molecule has 0 radical (unpaired) electrons. The second-order valence-corrected chi connectivity index (χ2v) is 8.62. The smallest absolute Gasteiger partial charge is 0.338 e. The number of hydrogen-bond acceptors (Lipinski definition) is 5. The third-order valence-corrected chi connectivity index (χ3v) is 6.23. The van der Waals surface area contributed by atoms with Gasteiger partial charge in [-0.3, -0.25) is 4.90 Å². The summed E-state index contributed by atoms with van der Waals surface area (Å²) in [5.41, 5.74) is 5.62. The normalized spacial score (nSPS) is 13.7. The number of carbonyl (C=O) groups is 1. The van der Waals surface area contributed by atoms with Crippen LogP contribution >= 0.6 is 0 Å². The Morgan fingerprint density at radius 1 is 1.21 bits per heavy atom. The van der Waals surface area contributed by atoms with Crippen molar-refractivity contribution in [3.8, 4) is 11.3 Å². The monoisotopic (exact) mass is 446 g/mol. The molecule has 7 heteroatoms. The van der Waals surface area contributed by atoms with E-state index in [2.05, 4.69) is 22.2 Å². The number of H-pyrrole nitrogens is 1. The molecule has 2 heterocycles. The highest BCUT2D eigenvalue weighted by atomic mass is 19.1. The van der Waals surface area contributed by atoms with Gasteiger partial charge in [0.2, 0.25) is 0 Å². The number of esters is 1. The first-order valence-corrected chi connectivity index (χ1v) is 11.3. The molecule has 0 atom stereocenters. The molecule has 1 aliphatic carbocycles. The second kappa shape index (κ2) is 8.48. The van der Waals surface area contributed by atoms with Gasteiger partial charge in [-0.15, -0.1) is 0 Å². The molecule has 4 aromatic rings. The van der Waals surface area contributed by atoms with Crippen molar-refractivity contribution in [1.82, 2.24) is 14.9 Å². The Kier molecular flexibility index (Phi) is 5.50. The Morgan fingerprint density at radius 2 is 2.03 bits per heavy atom. The van der Waals surface area contributed by atoms with E-state index in [1.54, 1.807) is 20.0 Å². The third-order valence-electron chi connectivity index (χ3n) is 6.23. The predicted octanol–water partition coefficient (Wildman–Crippen LogP) is 5.33. The van der Waals surface area contributed by atoms with Gasteiger partial charge < -0.3 is 15.0 Å². The standard InChI is InChI=1S/C26H27FN4O2/c1-4-33-26(32)15-5-8-21(18(9-15)14-31(3)20-6-7-20)22-12-17-10-16-11-19(27)13-23(28-2)24(16)30-25(17)29-22/h5,8-13,20,28H,4,6-7,14H2,1-3H3,(H,29,30). The summed E-state index contributed by atoms with van der Waals surface area (Å²) in [5.74, 6) is -0.616. The number of halogens is 1. The highest BCUT2D eigenvalue weighted by Crippen LogP contribution is 2.33. The summed E-state index contributed by atoms with van der Waals surface area (Å²) >= 11 is 0. The van der Waals surface area contributed by atoms with Crippen LogP contribution in [0.25, 0.3) is 33.2 Å². The van der Waals surface area contributed by atoms with E-state index in [1.165, 1.54) is 25.0 Å². The molecule has 6 nitrogen and oxygen atoms in total. The molecule has 170 valence electrons. The number of pyridine rings is 1. The summed E-state index contributed by atoms with van der Waals surface area (Å²) < 4.78 is 19.2. The van der Waals surface area contributed by atoms with Crippen molar-refractivity contribution in [2.24, 2.45) is 0 Å². The maximum atomic E-state index is 14.0. The van der Waals surface area contributed by atoms with Gasteiger partial charge in [-0.05, 0) is 68.8 Å². The molecule has 2 aromatic carbocycles. The molecule has 1 aliphatic rings. The second-order valence-electron chi connectivity index (χ2n) is 8.62. The van der Waals surface area contributed by atoms with Crippen LogP contribution in [0.4, 0.5) is 10.1 Å². The van der Waals surface area contributed by atoms with Gasteiger partial charge in [0, 0.05) is 41.7 Å². The molecule has 0 amide bonds. The fraction of sp³-hybridized carbons (Fsp3) is 0.308. The first-order chi connectivity index (χ1) is 16.0. The lowest BCUT2D eigenvalue weighted by atomic mass is 10.0. The van der Waals surface area contributed by atoms with Crippen molar-refractivity contribution in [2.45, 2.75) is 32.4 Å². The minimum absolute atomic E-state index is 0.302. The number of benzene rings is 2. The summed E-state index contributed by atoms with van der Waals surface area (Å²) in [6.07, 6.45) is 2.41. The van der Waals surface area contributed by atoms with Crippen molar-refractivity contribution >= 4 is 33.6 Å². The Hall–Kier alpha value is -3.45. The van der Waals surface area contributed by atoms with Crippen LogP contribution in [-0.2, 0) is 11.3 Å². The molecule has 2 N–H and O–H groups in total. The van der Waals surface area contributed by atoms with Crippen LogP contribution in [0.1, 0.15) is 35.7 Å². The molecule has 1 fully saturated rings. The zero-order valence-electron chi connectivity index (χ0n) is 19.0. The lowest BCUT2D eigenvalue weighted by molar-refractivity contribution is 0.0526. The van der Waals surface area contributed by atoms with E-state index < -0.39 is 0 Å². The maximum Gasteiger partial charge on any atom is 0.338 e. The third kappa shape index (κ3) is 4.16. The molecule has 0 spiro atoms. The summed E-state index contributed by atoms with van der Waals surface area (Å²) in [4.78, 5) is 22.9. The lowest BCUT2D eigenvalue weighted by Crippen LogP contribution is -2.20. The summed E-state index contributed by atoms with van der Waals surface area (Å²) in [6, 6.07) is 13.2. The number of carbonyl (C=O) groups excluding carboxylic acids is 1. The van der Waals surface area contributed by atoms with Crippen molar-refractivity contribution in [1.29, 1.82) is 0 Å². The largest absolute Gasteiger partial charge is 0.462 e. The van der Waals surface area contributed by atoms with E-state index in [4.69, 9.17) is 9.72 Å². The molecule has 33 heavy (non-hydrogen) atoms. The van der Waals surface area contributed by atoms with Gasteiger partial charge in [0.05, 0.1) is 23.4 Å². The fourth-order valence-corrected chi connectivity index (χ4v) is 4.37. The predicted molar refractivity (Wildman–Crippen MR) is 129 cm³/mol. The van der Waals surface area contributed by atoms with Crippen LogP contribution < -0.4 is 5.32 Å².